The van der Waals surface area contributed by atoms with E-state index in [-0.39, 0.29) is 29.7 Å². The predicted octanol–water partition coefficient (Wildman–Crippen LogP) is 2.79. The van der Waals surface area contributed by atoms with Crippen LogP contribution in [0.15, 0.2) is 24.3 Å². The molecule has 7 nitrogen and oxygen atoms in total. The second-order valence-electron chi connectivity index (χ2n) is 8.25. The van der Waals surface area contributed by atoms with E-state index in [1.54, 1.807) is 4.52 Å². The monoisotopic (exact) mass is 378 g/mol. The predicted molar refractivity (Wildman–Crippen MR) is 108 cm³/mol. The molecule has 1 aromatic carbocycles. The van der Waals surface area contributed by atoms with Gasteiger partial charge >= 0.3 is 0 Å². The van der Waals surface area contributed by atoms with Crippen molar-refractivity contribution in [1.82, 2.24) is 24.9 Å². The maximum absolute atomic E-state index is 12.9. The molecule has 0 spiro atoms. The SMILES string of the molecule is Cc1nc2nc(N)nn2c(C)c1CC(=O)N[C@@H]1CCC(C)(C)c2ccccc21. The molecule has 146 valence electrons. The molecule has 0 unspecified atom stereocenters. The van der Waals surface area contributed by atoms with Gasteiger partial charge < -0.3 is 11.1 Å². The van der Waals surface area contributed by atoms with E-state index < -0.39 is 0 Å². The number of benzene rings is 1. The summed E-state index contributed by atoms with van der Waals surface area (Å²) in [5, 5.41) is 7.40. The summed E-state index contributed by atoms with van der Waals surface area (Å²) in [6.07, 6.45) is 2.23. The van der Waals surface area contributed by atoms with Gasteiger partial charge in [-0.05, 0) is 43.2 Å². The fraction of sp³-hybridized carbons (Fsp3) is 0.429. The lowest BCUT2D eigenvalue weighted by molar-refractivity contribution is -0.121. The number of hydrogen-bond acceptors (Lipinski definition) is 5. The number of anilines is 1. The average molecular weight is 378 g/mol. The van der Waals surface area contributed by atoms with E-state index in [0.29, 0.717) is 5.78 Å². The molecule has 1 aliphatic carbocycles. The van der Waals surface area contributed by atoms with Gasteiger partial charge in [-0.2, -0.15) is 9.50 Å². The highest BCUT2D eigenvalue weighted by Gasteiger charge is 2.33. The highest BCUT2D eigenvalue weighted by atomic mass is 16.1. The molecule has 0 fully saturated rings. The van der Waals surface area contributed by atoms with Gasteiger partial charge in [0.15, 0.2) is 0 Å². The number of carbonyl (C=O) groups excluding carboxylic acids is 1. The number of amides is 1. The Balaban J connectivity index is 1.58. The molecule has 4 rings (SSSR count). The van der Waals surface area contributed by atoms with E-state index in [1.807, 2.05) is 19.9 Å². The lowest BCUT2D eigenvalue weighted by Crippen LogP contribution is -2.36. The van der Waals surface area contributed by atoms with Crippen LogP contribution in [0.2, 0.25) is 0 Å². The topological polar surface area (TPSA) is 98.2 Å². The van der Waals surface area contributed by atoms with Gasteiger partial charge in [-0.25, -0.2) is 4.98 Å². The molecule has 3 N–H and O–H groups in total. The Hall–Kier alpha value is -2.96. The van der Waals surface area contributed by atoms with Crippen molar-refractivity contribution in [2.75, 3.05) is 5.73 Å². The summed E-state index contributed by atoms with van der Waals surface area (Å²) in [5.74, 6) is 0.623. The summed E-state index contributed by atoms with van der Waals surface area (Å²) in [6.45, 7) is 8.33. The van der Waals surface area contributed by atoms with Crippen molar-refractivity contribution < 1.29 is 4.79 Å². The Kier molecular flexibility index (Phi) is 4.33. The van der Waals surface area contributed by atoms with E-state index in [2.05, 4.69) is 52.4 Å². The maximum atomic E-state index is 12.9. The second-order valence-corrected chi connectivity index (χ2v) is 8.25. The summed E-state index contributed by atoms with van der Waals surface area (Å²) in [4.78, 5) is 21.4. The zero-order valence-electron chi connectivity index (χ0n) is 16.8. The minimum absolute atomic E-state index is 0.0139. The first-order valence-electron chi connectivity index (χ1n) is 9.63. The molecule has 0 bridgehead atoms. The van der Waals surface area contributed by atoms with E-state index >= 15 is 0 Å². The molecule has 2 aromatic heterocycles. The number of fused-ring (bicyclic) bond motifs is 2. The zero-order valence-corrected chi connectivity index (χ0v) is 16.8. The number of aromatic nitrogens is 4. The van der Waals surface area contributed by atoms with Crippen LogP contribution in [0.25, 0.3) is 5.78 Å². The van der Waals surface area contributed by atoms with Crippen LogP contribution in [0.3, 0.4) is 0 Å². The van der Waals surface area contributed by atoms with E-state index in [4.69, 9.17) is 5.73 Å². The summed E-state index contributed by atoms with van der Waals surface area (Å²) in [6, 6.07) is 8.46. The van der Waals surface area contributed by atoms with Crippen molar-refractivity contribution in [2.24, 2.45) is 0 Å². The third-order valence-corrected chi connectivity index (χ3v) is 5.86. The van der Waals surface area contributed by atoms with Crippen molar-refractivity contribution >= 4 is 17.6 Å². The lowest BCUT2D eigenvalue weighted by Gasteiger charge is -2.37. The molecule has 7 heteroatoms. The number of nitrogens with zero attached hydrogens (tertiary/aromatic N) is 4. The maximum Gasteiger partial charge on any atom is 0.254 e. The van der Waals surface area contributed by atoms with Crippen LogP contribution >= 0.6 is 0 Å². The lowest BCUT2D eigenvalue weighted by atomic mass is 9.71. The van der Waals surface area contributed by atoms with Crippen molar-refractivity contribution in [3.63, 3.8) is 0 Å². The van der Waals surface area contributed by atoms with Gasteiger partial charge in [-0.15, -0.1) is 5.10 Å². The summed E-state index contributed by atoms with van der Waals surface area (Å²) in [7, 11) is 0. The van der Waals surface area contributed by atoms with Gasteiger partial charge in [0.25, 0.3) is 5.78 Å². The Labute approximate surface area is 164 Å². The molecular formula is C21H26N6O. The van der Waals surface area contributed by atoms with Gasteiger partial charge in [-0.1, -0.05) is 38.1 Å². The summed E-state index contributed by atoms with van der Waals surface area (Å²) >= 11 is 0. The fourth-order valence-electron chi connectivity index (χ4n) is 4.25. The third-order valence-electron chi connectivity index (χ3n) is 5.86. The van der Waals surface area contributed by atoms with Crippen LogP contribution in [-0.4, -0.2) is 25.5 Å². The van der Waals surface area contributed by atoms with Crippen LogP contribution < -0.4 is 11.1 Å². The largest absolute Gasteiger partial charge is 0.366 e. The molecule has 1 amide bonds. The van der Waals surface area contributed by atoms with Crippen LogP contribution in [0.4, 0.5) is 5.95 Å². The number of nitrogen functional groups attached to an aromatic ring is 1. The number of nitrogens with two attached hydrogens (primary N) is 1. The molecule has 0 radical (unpaired) electrons. The number of nitrogens with one attached hydrogen (secondary N) is 1. The number of rotatable bonds is 3. The Morgan fingerprint density at radius 3 is 2.82 bits per heavy atom. The third kappa shape index (κ3) is 3.10. The van der Waals surface area contributed by atoms with Crippen molar-refractivity contribution in [3.8, 4) is 0 Å². The Bertz CT molecular complexity index is 1070. The van der Waals surface area contributed by atoms with Gasteiger partial charge in [-0.3, -0.25) is 4.79 Å². The Morgan fingerprint density at radius 2 is 2.04 bits per heavy atom. The first-order valence-corrected chi connectivity index (χ1v) is 9.63. The van der Waals surface area contributed by atoms with Crippen molar-refractivity contribution in [1.29, 1.82) is 0 Å². The van der Waals surface area contributed by atoms with Crippen LogP contribution in [-0.2, 0) is 16.6 Å². The number of hydrogen-bond donors (Lipinski definition) is 2. The normalized spacial score (nSPS) is 18.1. The van der Waals surface area contributed by atoms with Gasteiger partial charge in [0.2, 0.25) is 11.9 Å². The fourth-order valence-corrected chi connectivity index (χ4v) is 4.25. The summed E-state index contributed by atoms with van der Waals surface area (Å²) in [5.41, 5.74) is 10.8. The van der Waals surface area contributed by atoms with Crippen molar-refractivity contribution in [3.05, 3.63) is 52.3 Å². The minimum atomic E-state index is -0.0139. The van der Waals surface area contributed by atoms with Gasteiger partial charge in [0.05, 0.1) is 12.5 Å². The molecule has 1 atom stereocenters. The average Bonchev–Trinajstić information content (AvgIpc) is 3.02. The first-order chi connectivity index (χ1) is 13.3. The smallest absolute Gasteiger partial charge is 0.254 e. The van der Waals surface area contributed by atoms with E-state index in [1.165, 1.54) is 11.1 Å². The minimum Gasteiger partial charge on any atom is -0.366 e. The second kappa shape index (κ2) is 6.58. The standard InChI is InChI=1S/C21H26N6O/c1-12-15(13(2)27-20(23-12)25-19(22)26-27)11-18(28)24-17-9-10-21(3,4)16-8-6-5-7-14(16)17/h5-8,17H,9-11H2,1-4H3,(H2,22,26)(H,24,28)/t17-/m1/s1. The molecule has 2 heterocycles. The highest BCUT2D eigenvalue weighted by Crippen LogP contribution is 2.41. The van der Waals surface area contributed by atoms with Crippen LogP contribution in [0.1, 0.15) is 60.8 Å². The van der Waals surface area contributed by atoms with E-state index in [0.717, 1.165) is 29.8 Å². The summed E-state index contributed by atoms with van der Waals surface area (Å²) < 4.78 is 1.60. The molecule has 28 heavy (non-hydrogen) atoms. The Morgan fingerprint density at radius 1 is 1.29 bits per heavy atom. The van der Waals surface area contributed by atoms with Crippen LogP contribution in [0, 0.1) is 13.8 Å². The first kappa shape index (κ1) is 18.4. The molecule has 3 aromatic rings. The quantitative estimate of drug-likeness (QED) is 0.730. The number of carbonyl (C=O) groups is 1. The van der Waals surface area contributed by atoms with Gasteiger partial charge in [0, 0.05) is 17.0 Å². The van der Waals surface area contributed by atoms with Gasteiger partial charge in [0.1, 0.15) is 0 Å². The van der Waals surface area contributed by atoms with E-state index in [9.17, 15) is 4.79 Å². The zero-order chi connectivity index (χ0) is 20.1. The van der Waals surface area contributed by atoms with Crippen LogP contribution in [0.5, 0.6) is 0 Å². The molecular weight excluding hydrogens is 352 g/mol. The molecule has 0 saturated carbocycles. The molecule has 0 saturated heterocycles. The molecule has 0 aliphatic heterocycles. The number of aryl methyl sites for hydroxylation is 2. The van der Waals surface area contributed by atoms with Crippen molar-refractivity contribution in [2.45, 2.75) is 58.4 Å². The molecule has 1 aliphatic rings. The highest BCUT2D eigenvalue weighted by molar-refractivity contribution is 5.79.